The van der Waals surface area contributed by atoms with Crippen LogP contribution in [0.15, 0.2) is 42.7 Å². The molecule has 3 aromatic rings. The fourth-order valence-electron chi connectivity index (χ4n) is 2.17. The zero-order valence-corrected chi connectivity index (χ0v) is 11.4. The number of amides is 1. The Hall–Kier alpha value is -2.40. The van der Waals surface area contributed by atoms with Crippen LogP contribution in [-0.2, 0) is 4.79 Å². The van der Waals surface area contributed by atoms with E-state index in [1.807, 2.05) is 35.0 Å². The second-order valence-electron chi connectivity index (χ2n) is 4.30. The van der Waals surface area contributed by atoms with E-state index in [2.05, 4.69) is 9.97 Å². The number of carbonyl (C=O) groups is 1. The van der Waals surface area contributed by atoms with Gasteiger partial charge in [0, 0.05) is 24.8 Å². The molecule has 0 fully saturated rings. The van der Waals surface area contributed by atoms with Crippen LogP contribution in [0.3, 0.4) is 0 Å². The van der Waals surface area contributed by atoms with Gasteiger partial charge in [-0.3, -0.25) is 9.36 Å². The molecule has 1 aromatic carbocycles. The van der Waals surface area contributed by atoms with Crippen molar-refractivity contribution < 1.29 is 4.79 Å². The summed E-state index contributed by atoms with van der Waals surface area (Å²) in [5.41, 5.74) is 1.70. The van der Waals surface area contributed by atoms with E-state index in [0.29, 0.717) is 5.82 Å². The molecule has 0 bridgehead atoms. The van der Waals surface area contributed by atoms with Crippen molar-refractivity contribution in [3.8, 4) is 5.82 Å². The third kappa shape index (κ3) is 2.02. The molecule has 5 nitrogen and oxygen atoms in total. The summed E-state index contributed by atoms with van der Waals surface area (Å²) in [5.74, 6) is 0.659. The minimum atomic E-state index is 0.186. The molecule has 0 unspecified atom stereocenters. The Bertz CT molecular complexity index is 784. The van der Waals surface area contributed by atoms with Crippen LogP contribution in [0.2, 0.25) is 5.28 Å². The normalized spacial score (nSPS) is 10.7. The number of para-hydroxylation sites is 1. The fourth-order valence-corrected chi connectivity index (χ4v) is 2.31. The van der Waals surface area contributed by atoms with Gasteiger partial charge in [-0.15, -0.1) is 0 Å². The van der Waals surface area contributed by atoms with Crippen molar-refractivity contribution in [3.05, 3.63) is 48.0 Å². The monoisotopic (exact) mass is 286 g/mol. The summed E-state index contributed by atoms with van der Waals surface area (Å²) >= 11 is 5.84. The molecule has 0 aliphatic rings. The van der Waals surface area contributed by atoms with Crippen molar-refractivity contribution in [2.24, 2.45) is 0 Å². The molecule has 0 atom stereocenters. The molecule has 0 spiro atoms. The van der Waals surface area contributed by atoms with Crippen LogP contribution in [-0.4, -0.2) is 28.0 Å². The Morgan fingerprint density at radius 3 is 2.90 bits per heavy atom. The van der Waals surface area contributed by atoms with Gasteiger partial charge in [0.2, 0.25) is 11.7 Å². The fraction of sp³-hybridized carbons (Fsp3) is 0.0714. The van der Waals surface area contributed by atoms with Gasteiger partial charge in [0.25, 0.3) is 0 Å². The molecule has 0 saturated heterocycles. The zero-order valence-electron chi connectivity index (χ0n) is 10.7. The number of hydrogen-bond acceptors (Lipinski definition) is 3. The second-order valence-corrected chi connectivity index (χ2v) is 4.64. The Morgan fingerprint density at radius 1 is 1.30 bits per heavy atom. The quantitative estimate of drug-likeness (QED) is 0.549. The van der Waals surface area contributed by atoms with Gasteiger partial charge in [0.05, 0.1) is 11.2 Å². The molecular weight excluding hydrogens is 276 g/mol. The molecule has 100 valence electrons. The summed E-state index contributed by atoms with van der Waals surface area (Å²) in [7, 11) is 1.71. The Kier molecular flexibility index (Phi) is 3.12. The average molecular weight is 287 g/mol. The predicted octanol–water partition coefficient (Wildman–Crippen LogP) is 2.67. The van der Waals surface area contributed by atoms with E-state index in [9.17, 15) is 4.79 Å². The van der Waals surface area contributed by atoms with Crippen LogP contribution in [0.4, 0.5) is 5.69 Å². The zero-order chi connectivity index (χ0) is 14.1. The standard InChI is InChI=1S/C14H11ClN4O/c1-18(9-20)11-4-2-3-10-6-8-19(13(10)11)12-5-7-16-14(15)17-12/h2-9H,1H3. The molecule has 0 radical (unpaired) electrons. The van der Waals surface area contributed by atoms with Crippen LogP contribution in [0, 0.1) is 0 Å². The summed E-state index contributed by atoms with van der Waals surface area (Å²) in [6, 6.07) is 9.51. The van der Waals surface area contributed by atoms with E-state index < -0.39 is 0 Å². The van der Waals surface area contributed by atoms with E-state index in [1.54, 1.807) is 19.3 Å². The Labute approximate surface area is 120 Å². The van der Waals surface area contributed by atoms with Crippen LogP contribution >= 0.6 is 11.6 Å². The van der Waals surface area contributed by atoms with Crippen LogP contribution in [0.25, 0.3) is 16.7 Å². The molecule has 3 rings (SSSR count). The molecule has 0 saturated carbocycles. The molecular formula is C14H11ClN4O. The molecule has 0 N–H and O–H groups in total. The maximum absolute atomic E-state index is 11.0. The Morgan fingerprint density at radius 2 is 2.15 bits per heavy atom. The van der Waals surface area contributed by atoms with E-state index in [0.717, 1.165) is 23.0 Å². The number of nitrogens with zero attached hydrogens (tertiary/aromatic N) is 4. The number of carbonyl (C=O) groups excluding carboxylic acids is 1. The third-order valence-electron chi connectivity index (χ3n) is 3.09. The second kappa shape index (κ2) is 4.94. The lowest BCUT2D eigenvalue weighted by Gasteiger charge is -2.14. The predicted molar refractivity (Wildman–Crippen MR) is 78.3 cm³/mol. The van der Waals surface area contributed by atoms with Crippen molar-refractivity contribution in [2.45, 2.75) is 0 Å². The van der Waals surface area contributed by atoms with Gasteiger partial charge in [-0.05, 0) is 29.8 Å². The first-order valence-electron chi connectivity index (χ1n) is 5.98. The highest BCUT2D eigenvalue weighted by molar-refractivity contribution is 6.28. The van der Waals surface area contributed by atoms with Gasteiger partial charge in [0.15, 0.2) is 0 Å². The van der Waals surface area contributed by atoms with E-state index in [1.165, 1.54) is 4.90 Å². The van der Waals surface area contributed by atoms with E-state index in [-0.39, 0.29) is 5.28 Å². The van der Waals surface area contributed by atoms with Gasteiger partial charge >= 0.3 is 0 Å². The van der Waals surface area contributed by atoms with Crippen molar-refractivity contribution in [1.82, 2.24) is 14.5 Å². The maximum Gasteiger partial charge on any atom is 0.224 e. The first-order chi connectivity index (χ1) is 9.70. The highest BCUT2D eigenvalue weighted by Crippen LogP contribution is 2.28. The van der Waals surface area contributed by atoms with Gasteiger partial charge < -0.3 is 4.90 Å². The van der Waals surface area contributed by atoms with Crippen molar-refractivity contribution >= 4 is 34.6 Å². The number of hydrogen-bond donors (Lipinski definition) is 0. The molecule has 6 heteroatoms. The minimum absolute atomic E-state index is 0.186. The third-order valence-corrected chi connectivity index (χ3v) is 3.27. The summed E-state index contributed by atoms with van der Waals surface area (Å²) in [6.45, 7) is 0. The SMILES string of the molecule is CN(C=O)c1cccc2ccn(-c3ccnc(Cl)n3)c12. The van der Waals surface area contributed by atoms with Gasteiger partial charge in [-0.1, -0.05) is 12.1 Å². The highest BCUT2D eigenvalue weighted by atomic mass is 35.5. The molecule has 0 aliphatic heterocycles. The highest BCUT2D eigenvalue weighted by Gasteiger charge is 2.11. The minimum Gasteiger partial charge on any atom is -0.316 e. The molecule has 1 amide bonds. The summed E-state index contributed by atoms with van der Waals surface area (Å²) < 4.78 is 1.89. The number of rotatable bonds is 3. The largest absolute Gasteiger partial charge is 0.316 e. The van der Waals surface area contributed by atoms with Crippen LogP contribution in [0.5, 0.6) is 0 Å². The van der Waals surface area contributed by atoms with E-state index >= 15 is 0 Å². The summed E-state index contributed by atoms with van der Waals surface area (Å²) in [5, 5.41) is 1.21. The number of aromatic nitrogens is 3. The molecule has 2 aromatic heterocycles. The first-order valence-corrected chi connectivity index (χ1v) is 6.35. The molecule has 2 heterocycles. The number of anilines is 1. The smallest absolute Gasteiger partial charge is 0.224 e. The lowest BCUT2D eigenvalue weighted by Crippen LogP contribution is -2.15. The maximum atomic E-state index is 11.0. The van der Waals surface area contributed by atoms with Gasteiger partial charge in [-0.2, -0.15) is 4.98 Å². The number of halogens is 1. The summed E-state index contributed by atoms with van der Waals surface area (Å²) in [4.78, 5) is 20.7. The number of fused-ring (bicyclic) bond motifs is 1. The summed E-state index contributed by atoms with van der Waals surface area (Å²) in [6.07, 6.45) is 4.27. The van der Waals surface area contributed by atoms with Crippen LogP contribution < -0.4 is 4.90 Å². The van der Waals surface area contributed by atoms with Crippen molar-refractivity contribution in [3.63, 3.8) is 0 Å². The molecule has 0 aliphatic carbocycles. The average Bonchev–Trinajstić information content (AvgIpc) is 2.90. The topological polar surface area (TPSA) is 51.0 Å². The van der Waals surface area contributed by atoms with Crippen LogP contribution in [0.1, 0.15) is 0 Å². The Balaban J connectivity index is 2.29. The van der Waals surface area contributed by atoms with E-state index in [4.69, 9.17) is 11.6 Å². The lowest BCUT2D eigenvalue weighted by atomic mass is 10.2. The van der Waals surface area contributed by atoms with Crippen molar-refractivity contribution in [2.75, 3.05) is 11.9 Å². The first kappa shape index (κ1) is 12.6. The van der Waals surface area contributed by atoms with Crippen molar-refractivity contribution in [1.29, 1.82) is 0 Å². The lowest BCUT2D eigenvalue weighted by molar-refractivity contribution is -0.107. The van der Waals surface area contributed by atoms with Gasteiger partial charge in [0.1, 0.15) is 5.82 Å². The molecule has 20 heavy (non-hydrogen) atoms. The number of benzene rings is 1. The van der Waals surface area contributed by atoms with Gasteiger partial charge in [-0.25, -0.2) is 4.98 Å².